The van der Waals surface area contributed by atoms with E-state index in [1.165, 1.54) is 0 Å². The summed E-state index contributed by atoms with van der Waals surface area (Å²) in [6.07, 6.45) is 0.713. The van der Waals surface area contributed by atoms with E-state index in [1.807, 2.05) is 42.5 Å². The molecule has 6 nitrogen and oxygen atoms in total. The van der Waals surface area contributed by atoms with Crippen LogP contribution in [0.15, 0.2) is 54.6 Å². The quantitative estimate of drug-likeness (QED) is 0.714. The summed E-state index contributed by atoms with van der Waals surface area (Å²) in [5.74, 6) is -1.09. The standard InChI is InChI=1S/C20H21N3O3/c1-20(21,15-5-3-2-4-6-15)19(26)22-16-9-7-13(8-10-16)11-14-12-17(24)23-18(14)25/h2-10,14H,11-12,21H2,1H3,(H,22,26)(H,23,24,25). The Balaban J connectivity index is 1.65. The molecule has 1 saturated heterocycles. The highest BCUT2D eigenvalue weighted by molar-refractivity contribution is 6.03. The number of nitrogens with one attached hydrogen (secondary N) is 2. The zero-order chi connectivity index (χ0) is 18.7. The van der Waals surface area contributed by atoms with Crippen LogP contribution >= 0.6 is 0 Å². The highest BCUT2D eigenvalue weighted by Crippen LogP contribution is 2.22. The minimum Gasteiger partial charge on any atom is -0.324 e. The number of hydrogen-bond acceptors (Lipinski definition) is 4. The van der Waals surface area contributed by atoms with Gasteiger partial charge in [0, 0.05) is 12.1 Å². The maximum atomic E-state index is 12.6. The zero-order valence-electron chi connectivity index (χ0n) is 14.5. The van der Waals surface area contributed by atoms with Gasteiger partial charge >= 0.3 is 0 Å². The van der Waals surface area contributed by atoms with Crippen molar-refractivity contribution in [3.05, 3.63) is 65.7 Å². The second kappa shape index (κ2) is 7.09. The molecule has 6 heteroatoms. The van der Waals surface area contributed by atoms with Gasteiger partial charge in [0.25, 0.3) is 0 Å². The van der Waals surface area contributed by atoms with Gasteiger partial charge in [-0.05, 0) is 36.6 Å². The molecule has 1 heterocycles. The summed E-state index contributed by atoms with van der Waals surface area (Å²) in [5.41, 5.74) is 7.34. The first-order chi connectivity index (χ1) is 12.4. The molecule has 26 heavy (non-hydrogen) atoms. The molecule has 1 aliphatic heterocycles. The Morgan fingerprint density at radius 2 is 1.81 bits per heavy atom. The van der Waals surface area contributed by atoms with Gasteiger partial charge in [-0.2, -0.15) is 0 Å². The molecule has 2 unspecified atom stereocenters. The van der Waals surface area contributed by atoms with Gasteiger partial charge in [-0.1, -0.05) is 42.5 Å². The average molecular weight is 351 g/mol. The molecular weight excluding hydrogens is 330 g/mol. The number of rotatable bonds is 5. The first-order valence-corrected chi connectivity index (χ1v) is 8.45. The third-order valence-corrected chi connectivity index (χ3v) is 4.60. The van der Waals surface area contributed by atoms with E-state index in [0.717, 1.165) is 11.1 Å². The summed E-state index contributed by atoms with van der Waals surface area (Å²) in [5, 5.41) is 5.13. The van der Waals surface area contributed by atoms with Gasteiger partial charge in [0.15, 0.2) is 0 Å². The van der Waals surface area contributed by atoms with E-state index in [-0.39, 0.29) is 30.1 Å². The molecule has 134 valence electrons. The van der Waals surface area contributed by atoms with Crippen molar-refractivity contribution in [2.75, 3.05) is 5.32 Å². The summed E-state index contributed by atoms with van der Waals surface area (Å²) in [7, 11) is 0. The second-order valence-electron chi connectivity index (χ2n) is 6.74. The van der Waals surface area contributed by atoms with Crippen LogP contribution in [-0.2, 0) is 26.3 Å². The van der Waals surface area contributed by atoms with E-state index < -0.39 is 5.54 Å². The Hall–Kier alpha value is -2.99. The molecular formula is C20H21N3O3. The lowest BCUT2D eigenvalue weighted by atomic mass is 9.92. The van der Waals surface area contributed by atoms with E-state index in [4.69, 9.17) is 5.73 Å². The van der Waals surface area contributed by atoms with Crippen LogP contribution in [0.5, 0.6) is 0 Å². The molecule has 1 fully saturated rings. The zero-order valence-corrected chi connectivity index (χ0v) is 14.5. The monoisotopic (exact) mass is 351 g/mol. The number of carbonyl (C=O) groups excluding carboxylic acids is 3. The van der Waals surface area contributed by atoms with E-state index in [2.05, 4.69) is 10.6 Å². The van der Waals surface area contributed by atoms with Gasteiger partial charge in [0.05, 0.1) is 5.92 Å². The van der Waals surface area contributed by atoms with Gasteiger partial charge in [-0.25, -0.2) is 0 Å². The van der Waals surface area contributed by atoms with Gasteiger partial charge < -0.3 is 11.1 Å². The van der Waals surface area contributed by atoms with Crippen molar-refractivity contribution >= 4 is 23.4 Å². The highest BCUT2D eigenvalue weighted by Gasteiger charge is 2.31. The Kier molecular flexibility index (Phi) is 4.86. The Labute approximate surface area is 151 Å². The summed E-state index contributed by atoms with van der Waals surface area (Å²) in [4.78, 5) is 35.4. The Morgan fingerprint density at radius 3 is 2.38 bits per heavy atom. The minimum atomic E-state index is -1.15. The van der Waals surface area contributed by atoms with Crippen molar-refractivity contribution in [2.24, 2.45) is 11.7 Å². The van der Waals surface area contributed by atoms with Crippen molar-refractivity contribution in [1.82, 2.24) is 5.32 Å². The highest BCUT2D eigenvalue weighted by atomic mass is 16.2. The normalized spacial score (nSPS) is 18.9. The number of imide groups is 1. The molecule has 2 atom stereocenters. The van der Waals surface area contributed by atoms with Crippen LogP contribution in [0.25, 0.3) is 0 Å². The van der Waals surface area contributed by atoms with E-state index >= 15 is 0 Å². The predicted molar refractivity (Wildman–Crippen MR) is 98.0 cm³/mol. The fourth-order valence-corrected chi connectivity index (χ4v) is 2.96. The molecule has 2 aromatic rings. The first-order valence-electron chi connectivity index (χ1n) is 8.45. The summed E-state index contributed by atoms with van der Waals surface area (Å²) < 4.78 is 0. The van der Waals surface area contributed by atoms with Crippen LogP contribution in [0, 0.1) is 5.92 Å². The van der Waals surface area contributed by atoms with Crippen LogP contribution in [0.2, 0.25) is 0 Å². The fraction of sp³-hybridized carbons (Fsp3) is 0.250. The molecule has 2 aromatic carbocycles. The van der Waals surface area contributed by atoms with E-state index in [1.54, 1.807) is 19.1 Å². The fourth-order valence-electron chi connectivity index (χ4n) is 2.96. The maximum absolute atomic E-state index is 12.6. The minimum absolute atomic E-state index is 0.222. The number of hydrogen-bond donors (Lipinski definition) is 3. The van der Waals surface area contributed by atoms with Crippen LogP contribution in [0.1, 0.15) is 24.5 Å². The topological polar surface area (TPSA) is 101 Å². The lowest BCUT2D eigenvalue weighted by Gasteiger charge is -2.24. The molecule has 1 aliphatic rings. The molecule has 4 N–H and O–H groups in total. The molecule has 0 saturated carbocycles. The van der Waals surface area contributed by atoms with Crippen molar-refractivity contribution in [3.8, 4) is 0 Å². The molecule has 0 aliphatic carbocycles. The van der Waals surface area contributed by atoms with Crippen LogP contribution < -0.4 is 16.4 Å². The molecule has 3 rings (SSSR count). The number of carbonyl (C=O) groups is 3. The van der Waals surface area contributed by atoms with Crippen LogP contribution in [0.3, 0.4) is 0 Å². The lowest BCUT2D eigenvalue weighted by molar-refractivity contribution is -0.126. The third kappa shape index (κ3) is 3.81. The van der Waals surface area contributed by atoms with E-state index in [0.29, 0.717) is 12.1 Å². The third-order valence-electron chi connectivity index (χ3n) is 4.60. The number of amides is 3. The molecule has 3 amide bonds. The lowest BCUT2D eigenvalue weighted by Crippen LogP contribution is -2.45. The van der Waals surface area contributed by atoms with E-state index in [9.17, 15) is 14.4 Å². The van der Waals surface area contributed by atoms with Crippen LogP contribution in [-0.4, -0.2) is 17.7 Å². The molecule has 0 spiro atoms. The largest absolute Gasteiger partial charge is 0.324 e. The first kappa shape index (κ1) is 17.8. The number of nitrogens with two attached hydrogens (primary N) is 1. The number of anilines is 1. The van der Waals surface area contributed by atoms with Crippen molar-refractivity contribution in [3.63, 3.8) is 0 Å². The SMILES string of the molecule is CC(N)(C(=O)Nc1ccc(CC2CC(=O)NC2=O)cc1)c1ccccc1. The van der Waals surface area contributed by atoms with Crippen molar-refractivity contribution in [2.45, 2.75) is 25.3 Å². The predicted octanol–water partition coefficient (Wildman–Crippen LogP) is 1.70. The molecule has 0 bridgehead atoms. The maximum Gasteiger partial charge on any atom is 0.248 e. The average Bonchev–Trinajstić information content (AvgIpc) is 2.94. The summed E-state index contributed by atoms with van der Waals surface area (Å²) in [6, 6.07) is 16.4. The van der Waals surface area contributed by atoms with Gasteiger partial charge in [-0.3, -0.25) is 19.7 Å². The van der Waals surface area contributed by atoms with Gasteiger partial charge in [-0.15, -0.1) is 0 Å². The Bertz CT molecular complexity index is 829. The molecule has 0 radical (unpaired) electrons. The smallest absolute Gasteiger partial charge is 0.248 e. The van der Waals surface area contributed by atoms with Gasteiger partial charge in [0.1, 0.15) is 5.54 Å². The Morgan fingerprint density at radius 1 is 1.15 bits per heavy atom. The van der Waals surface area contributed by atoms with Crippen molar-refractivity contribution in [1.29, 1.82) is 0 Å². The summed E-state index contributed by atoms with van der Waals surface area (Å²) in [6.45, 7) is 1.67. The molecule has 0 aromatic heterocycles. The van der Waals surface area contributed by atoms with Crippen molar-refractivity contribution < 1.29 is 14.4 Å². The van der Waals surface area contributed by atoms with Gasteiger partial charge in [0.2, 0.25) is 17.7 Å². The second-order valence-corrected chi connectivity index (χ2v) is 6.74. The number of benzene rings is 2. The van der Waals surface area contributed by atoms with Crippen LogP contribution in [0.4, 0.5) is 5.69 Å². The summed E-state index contributed by atoms with van der Waals surface area (Å²) >= 11 is 0.